The zero-order valence-electron chi connectivity index (χ0n) is 15.7. The molecule has 2 rings (SSSR count). The van der Waals surface area contributed by atoms with Crippen LogP contribution in [0.2, 0.25) is 0 Å². The van der Waals surface area contributed by atoms with Gasteiger partial charge in [-0.25, -0.2) is 0 Å². The van der Waals surface area contributed by atoms with Crippen LogP contribution in [0.5, 0.6) is 0 Å². The van der Waals surface area contributed by atoms with E-state index in [-0.39, 0.29) is 11.6 Å². The van der Waals surface area contributed by atoms with Crippen molar-refractivity contribution in [2.75, 3.05) is 6.26 Å². The Labute approximate surface area is 168 Å². The summed E-state index contributed by atoms with van der Waals surface area (Å²) in [6, 6.07) is 11.5. The van der Waals surface area contributed by atoms with Crippen LogP contribution in [0.1, 0.15) is 51.3 Å². The Kier molecular flexibility index (Phi) is 6.64. The molecule has 0 bridgehead atoms. The van der Waals surface area contributed by atoms with Gasteiger partial charge in [-0.3, -0.25) is 9.59 Å². The molecule has 0 fully saturated rings. The molecule has 136 valence electrons. The molecule has 0 aliphatic carbocycles. The van der Waals surface area contributed by atoms with E-state index in [0.29, 0.717) is 5.56 Å². The quantitative estimate of drug-likeness (QED) is 0.234. The summed E-state index contributed by atoms with van der Waals surface area (Å²) in [6.45, 7) is 7.56. The van der Waals surface area contributed by atoms with Crippen LogP contribution < -0.4 is 0 Å². The summed E-state index contributed by atoms with van der Waals surface area (Å²) in [6.07, 6.45) is 5.39. The highest BCUT2D eigenvalue weighted by atomic mass is 79.9. The zero-order chi connectivity index (χ0) is 19.5. The monoisotopic (exact) mass is 430 g/mol. The van der Waals surface area contributed by atoms with E-state index in [1.165, 1.54) is 0 Å². The first-order chi connectivity index (χ1) is 12.1. The fourth-order valence-corrected chi connectivity index (χ4v) is 3.38. The number of hydrogen-bond acceptors (Lipinski definition) is 3. The fraction of sp³-hybridized carbons (Fsp3) is 0.273. The van der Waals surface area contributed by atoms with E-state index in [1.807, 2.05) is 70.3 Å². The number of rotatable bonds is 6. The summed E-state index contributed by atoms with van der Waals surface area (Å²) in [7, 11) is 0. The molecular weight excluding hydrogens is 408 g/mol. The number of Topliss-reactive ketones (excluding diaryl/α,β-unsaturated/α-hetero) is 1. The second-order valence-corrected chi connectivity index (χ2v) is 9.62. The summed E-state index contributed by atoms with van der Waals surface area (Å²) in [5.41, 5.74) is 4.15. The van der Waals surface area contributed by atoms with Crippen molar-refractivity contribution in [1.82, 2.24) is 0 Å². The highest BCUT2D eigenvalue weighted by Crippen LogP contribution is 2.27. The minimum atomic E-state index is -0.598. The van der Waals surface area contributed by atoms with Gasteiger partial charge in [0.05, 0.1) is 4.32 Å². The van der Waals surface area contributed by atoms with E-state index in [9.17, 15) is 9.59 Å². The SMILES string of the molecule is CSc1ccc(C(=O)/C=C/c2cc(C)c(C(=O)C(C)(C)Br)c(C)c2)cc1. The van der Waals surface area contributed by atoms with Gasteiger partial charge in [-0.15, -0.1) is 11.8 Å². The lowest BCUT2D eigenvalue weighted by Gasteiger charge is -2.18. The number of aryl methyl sites for hydroxylation is 2. The molecule has 4 heteroatoms. The molecule has 0 amide bonds. The summed E-state index contributed by atoms with van der Waals surface area (Å²) in [5.74, 6) is 0.0303. The van der Waals surface area contributed by atoms with Gasteiger partial charge in [0.1, 0.15) is 0 Å². The molecule has 0 radical (unpaired) electrons. The highest BCUT2D eigenvalue weighted by Gasteiger charge is 2.27. The first-order valence-electron chi connectivity index (χ1n) is 8.35. The van der Waals surface area contributed by atoms with Crippen molar-refractivity contribution in [2.24, 2.45) is 0 Å². The van der Waals surface area contributed by atoms with Gasteiger partial charge in [0.2, 0.25) is 0 Å². The predicted octanol–water partition coefficient (Wildman–Crippen LogP) is 6.28. The van der Waals surface area contributed by atoms with Crippen molar-refractivity contribution in [3.05, 3.63) is 70.3 Å². The van der Waals surface area contributed by atoms with Gasteiger partial charge < -0.3 is 0 Å². The summed E-state index contributed by atoms with van der Waals surface area (Å²) in [5, 5.41) is 0. The Morgan fingerprint density at radius 1 is 1.04 bits per heavy atom. The molecule has 2 aromatic carbocycles. The molecular formula is C22H23BrO2S. The fourth-order valence-electron chi connectivity index (χ4n) is 2.77. The van der Waals surface area contributed by atoms with E-state index in [0.717, 1.165) is 27.1 Å². The van der Waals surface area contributed by atoms with Crippen LogP contribution in [0.15, 0.2) is 47.4 Å². The first-order valence-corrected chi connectivity index (χ1v) is 10.4. The van der Waals surface area contributed by atoms with Crippen molar-refractivity contribution in [1.29, 1.82) is 0 Å². The van der Waals surface area contributed by atoms with Crippen LogP contribution in [-0.4, -0.2) is 22.1 Å². The highest BCUT2D eigenvalue weighted by molar-refractivity contribution is 9.10. The number of allylic oxidation sites excluding steroid dienone is 1. The number of carbonyl (C=O) groups is 2. The second-order valence-electron chi connectivity index (χ2n) is 6.76. The Morgan fingerprint density at radius 2 is 1.58 bits per heavy atom. The average Bonchev–Trinajstić information content (AvgIpc) is 2.58. The van der Waals surface area contributed by atoms with Crippen molar-refractivity contribution in [3.63, 3.8) is 0 Å². The van der Waals surface area contributed by atoms with Crippen LogP contribution in [0.3, 0.4) is 0 Å². The summed E-state index contributed by atoms with van der Waals surface area (Å²) in [4.78, 5) is 26.1. The van der Waals surface area contributed by atoms with E-state index >= 15 is 0 Å². The van der Waals surface area contributed by atoms with E-state index in [1.54, 1.807) is 23.9 Å². The second kappa shape index (κ2) is 8.36. The number of benzene rings is 2. The van der Waals surface area contributed by atoms with Gasteiger partial charge in [0, 0.05) is 16.0 Å². The summed E-state index contributed by atoms with van der Waals surface area (Å²) >= 11 is 5.09. The standard InChI is InChI=1S/C22H23BrO2S/c1-14-12-16(13-15(2)20(14)21(25)22(3,4)23)6-11-19(24)17-7-9-18(26-5)10-8-17/h6-13H,1-5H3/b11-6+. The maximum absolute atomic E-state index is 12.6. The lowest BCUT2D eigenvalue weighted by Crippen LogP contribution is -2.25. The van der Waals surface area contributed by atoms with Gasteiger partial charge in [-0.2, -0.15) is 0 Å². The molecule has 2 aromatic rings. The average molecular weight is 431 g/mol. The van der Waals surface area contributed by atoms with Crippen LogP contribution in [0.25, 0.3) is 6.08 Å². The largest absolute Gasteiger partial charge is 0.293 e. The zero-order valence-corrected chi connectivity index (χ0v) is 18.1. The van der Waals surface area contributed by atoms with E-state index in [2.05, 4.69) is 15.9 Å². The molecule has 0 saturated carbocycles. The molecule has 26 heavy (non-hydrogen) atoms. The Morgan fingerprint density at radius 3 is 2.04 bits per heavy atom. The Balaban J connectivity index is 2.25. The third-order valence-corrected chi connectivity index (χ3v) is 5.23. The molecule has 0 saturated heterocycles. The molecule has 0 aliphatic heterocycles. The topological polar surface area (TPSA) is 34.1 Å². The maximum atomic E-state index is 12.6. The third kappa shape index (κ3) is 4.95. The van der Waals surface area contributed by atoms with Crippen molar-refractivity contribution < 1.29 is 9.59 Å². The molecule has 0 N–H and O–H groups in total. The first kappa shape index (κ1) is 20.7. The normalized spacial score (nSPS) is 11.8. The van der Waals surface area contributed by atoms with Gasteiger partial charge in [0.15, 0.2) is 11.6 Å². The number of thioether (sulfide) groups is 1. The number of halogens is 1. The molecule has 2 nitrogen and oxygen atoms in total. The van der Waals surface area contributed by atoms with Crippen LogP contribution in [-0.2, 0) is 0 Å². The van der Waals surface area contributed by atoms with E-state index < -0.39 is 4.32 Å². The number of ketones is 2. The van der Waals surface area contributed by atoms with Gasteiger partial charge in [-0.05, 0) is 81.0 Å². The lowest BCUT2D eigenvalue weighted by atomic mass is 9.91. The van der Waals surface area contributed by atoms with Gasteiger partial charge in [-0.1, -0.05) is 34.1 Å². The number of alkyl halides is 1. The van der Waals surface area contributed by atoms with Crippen molar-refractivity contribution in [2.45, 2.75) is 36.9 Å². The molecule has 0 heterocycles. The number of carbonyl (C=O) groups excluding carboxylic acids is 2. The molecule has 0 spiro atoms. The third-order valence-electron chi connectivity index (χ3n) is 4.12. The Hall–Kier alpha value is -1.65. The van der Waals surface area contributed by atoms with Crippen LogP contribution >= 0.6 is 27.7 Å². The Bertz CT molecular complexity index is 836. The number of hydrogen-bond donors (Lipinski definition) is 0. The van der Waals surface area contributed by atoms with Gasteiger partial charge in [0.25, 0.3) is 0 Å². The predicted molar refractivity (Wildman–Crippen MR) is 115 cm³/mol. The smallest absolute Gasteiger partial charge is 0.185 e. The van der Waals surface area contributed by atoms with Crippen LogP contribution in [0, 0.1) is 13.8 Å². The molecule has 0 aromatic heterocycles. The molecule has 0 unspecified atom stereocenters. The van der Waals surface area contributed by atoms with Crippen LogP contribution in [0.4, 0.5) is 0 Å². The van der Waals surface area contributed by atoms with Crippen molar-refractivity contribution in [3.8, 4) is 0 Å². The minimum Gasteiger partial charge on any atom is -0.293 e. The van der Waals surface area contributed by atoms with Gasteiger partial charge >= 0.3 is 0 Å². The summed E-state index contributed by atoms with van der Waals surface area (Å²) < 4.78 is -0.598. The van der Waals surface area contributed by atoms with Crippen molar-refractivity contribution >= 4 is 45.3 Å². The maximum Gasteiger partial charge on any atom is 0.185 e. The molecule has 0 aliphatic rings. The lowest BCUT2D eigenvalue weighted by molar-refractivity contribution is 0.0959. The van der Waals surface area contributed by atoms with E-state index in [4.69, 9.17) is 0 Å². The minimum absolute atomic E-state index is 0.0327. The molecule has 0 atom stereocenters.